The van der Waals surface area contributed by atoms with Gasteiger partial charge < -0.3 is 10.2 Å². The van der Waals surface area contributed by atoms with E-state index in [2.05, 4.69) is 5.32 Å². The third-order valence-electron chi connectivity index (χ3n) is 4.16. The Morgan fingerprint density at radius 3 is 2.76 bits per heavy atom. The van der Waals surface area contributed by atoms with Gasteiger partial charge in [-0.3, -0.25) is 9.59 Å². The van der Waals surface area contributed by atoms with Gasteiger partial charge in [0, 0.05) is 12.6 Å². The van der Waals surface area contributed by atoms with Crippen molar-refractivity contribution in [3.05, 3.63) is 35.1 Å². The fourth-order valence-corrected chi connectivity index (χ4v) is 2.77. The zero-order valence-electron chi connectivity index (χ0n) is 12.1. The highest BCUT2D eigenvalue weighted by molar-refractivity contribution is 5.98. The van der Waals surface area contributed by atoms with Gasteiger partial charge in [0.2, 0.25) is 5.91 Å². The molecular formula is C16H19FN2O2. The van der Waals surface area contributed by atoms with Crippen LogP contribution in [0.5, 0.6) is 0 Å². The fourth-order valence-electron chi connectivity index (χ4n) is 2.77. The van der Waals surface area contributed by atoms with Crippen LogP contribution < -0.4 is 5.32 Å². The van der Waals surface area contributed by atoms with Crippen molar-refractivity contribution in [2.75, 3.05) is 6.54 Å². The summed E-state index contributed by atoms with van der Waals surface area (Å²) in [6.07, 6.45) is 3.46. The molecule has 1 saturated carbocycles. The van der Waals surface area contributed by atoms with Gasteiger partial charge in [0.05, 0.1) is 5.56 Å². The van der Waals surface area contributed by atoms with Crippen LogP contribution >= 0.6 is 0 Å². The highest BCUT2D eigenvalue weighted by atomic mass is 19.1. The Morgan fingerprint density at radius 1 is 1.29 bits per heavy atom. The summed E-state index contributed by atoms with van der Waals surface area (Å²) in [4.78, 5) is 26.2. The van der Waals surface area contributed by atoms with Crippen LogP contribution in [0.25, 0.3) is 0 Å². The summed E-state index contributed by atoms with van der Waals surface area (Å²) in [5.41, 5.74) is 0.500. The summed E-state index contributed by atoms with van der Waals surface area (Å²) < 4.78 is 14.1. The maximum Gasteiger partial charge on any atom is 0.257 e. The minimum atomic E-state index is -0.490. The molecule has 112 valence electrons. The van der Waals surface area contributed by atoms with Gasteiger partial charge in [0.1, 0.15) is 11.9 Å². The quantitative estimate of drug-likeness (QED) is 0.926. The molecule has 1 unspecified atom stereocenters. The number of rotatable bonds is 3. The van der Waals surface area contributed by atoms with Gasteiger partial charge in [-0.1, -0.05) is 12.1 Å². The van der Waals surface area contributed by atoms with E-state index in [0.717, 1.165) is 19.3 Å². The number of amides is 2. The summed E-state index contributed by atoms with van der Waals surface area (Å²) in [6.45, 7) is 2.14. The number of carbonyl (C=O) groups excluding carboxylic acids is 2. The number of carbonyl (C=O) groups is 2. The Labute approximate surface area is 123 Å². The van der Waals surface area contributed by atoms with Crippen molar-refractivity contribution in [1.29, 1.82) is 0 Å². The van der Waals surface area contributed by atoms with Crippen molar-refractivity contribution in [3.63, 3.8) is 0 Å². The zero-order chi connectivity index (χ0) is 15.0. The number of nitrogens with zero attached hydrogens (tertiary/aromatic N) is 1. The molecule has 4 nitrogen and oxygen atoms in total. The van der Waals surface area contributed by atoms with E-state index in [-0.39, 0.29) is 23.4 Å². The maximum atomic E-state index is 14.1. The van der Waals surface area contributed by atoms with Crippen molar-refractivity contribution < 1.29 is 14.0 Å². The first-order valence-corrected chi connectivity index (χ1v) is 7.44. The molecule has 1 aromatic rings. The highest BCUT2D eigenvalue weighted by Gasteiger charge is 2.37. The molecule has 0 bridgehead atoms. The third-order valence-corrected chi connectivity index (χ3v) is 4.16. The zero-order valence-corrected chi connectivity index (χ0v) is 12.1. The first-order valence-electron chi connectivity index (χ1n) is 7.44. The molecule has 3 rings (SSSR count). The van der Waals surface area contributed by atoms with Crippen molar-refractivity contribution in [2.24, 2.45) is 0 Å². The third kappa shape index (κ3) is 2.77. The molecule has 0 spiro atoms. The van der Waals surface area contributed by atoms with Gasteiger partial charge in [-0.05, 0) is 44.2 Å². The van der Waals surface area contributed by atoms with Crippen LogP contribution in [0.2, 0.25) is 0 Å². The Balaban J connectivity index is 1.79. The Bertz CT molecular complexity index is 584. The van der Waals surface area contributed by atoms with Crippen molar-refractivity contribution in [3.8, 4) is 0 Å². The van der Waals surface area contributed by atoms with Crippen LogP contribution in [0.1, 0.15) is 41.6 Å². The van der Waals surface area contributed by atoms with Gasteiger partial charge >= 0.3 is 0 Å². The highest BCUT2D eigenvalue weighted by Crippen LogP contribution is 2.24. The minimum absolute atomic E-state index is 0.0566. The Hall–Kier alpha value is -1.91. The molecule has 1 atom stereocenters. The Kier molecular flexibility index (Phi) is 3.66. The predicted molar refractivity (Wildman–Crippen MR) is 76.4 cm³/mol. The second-order valence-electron chi connectivity index (χ2n) is 5.88. The lowest BCUT2D eigenvalue weighted by atomic mass is 10.1. The van der Waals surface area contributed by atoms with E-state index in [1.54, 1.807) is 19.1 Å². The maximum absolute atomic E-state index is 14.1. The number of likely N-dealkylation sites (tertiary alicyclic amines) is 1. The van der Waals surface area contributed by atoms with Gasteiger partial charge in [0.25, 0.3) is 5.91 Å². The number of hydrogen-bond acceptors (Lipinski definition) is 2. The lowest BCUT2D eigenvalue weighted by Gasteiger charge is -2.24. The summed E-state index contributed by atoms with van der Waals surface area (Å²) >= 11 is 0. The van der Waals surface area contributed by atoms with Crippen molar-refractivity contribution in [1.82, 2.24) is 10.2 Å². The normalized spacial score (nSPS) is 21.4. The van der Waals surface area contributed by atoms with Crippen LogP contribution in [0.4, 0.5) is 4.39 Å². The molecule has 0 aromatic heterocycles. The lowest BCUT2D eigenvalue weighted by Crippen LogP contribution is -2.46. The van der Waals surface area contributed by atoms with Crippen LogP contribution in [0.15, 0.2) is 18.2 Å². The smallest absolute Gasteiger partial charge is 0.257 e. The topological polar surface area (TPSA) is 49.4 Å². The number of benzene rings is 1. The first kappa shape index (κ1) is 14.0. The first-order chi connectivity index (χ1) is 10.1. The molecule has 0 radical (unpaired) electrons. The summed E-state index contributed by atoms with van der Waals surface area (Å²) in [5.74, 6) is -0.975. The van der Waals surface area contributed by atoms with E-state index in [9.17, 15) is 14.0 Å². The van der Waals surface area contributed by atoms with E-state index < -0.39 is 11.9 Å². The molecule has 2 aliphatic rings. The van der Waals surface area contributed by atoms with Gasteiger partial charge in [-0.15, -0.1) is 0 Å². The van der Waals surface area contributed by atoms with Crippen molar-refractivity contribution in [2.45, 2.75) is 44.7 Å². The van der Waals surface area contributed by atoms with E-state index in [4.69, 9.17) is 0 Å². The molecule has 1 heterocycles. The molecule has 1 aliphatic heterocycles. The van der Waals surface area contributed by atoms with E-state index in [1.165, 1.54) is 11.0 Å². The van der Waals surface area contributed by atoms with Crippen LogP contribution in [-0.2, 0) is 4.79 Å². The fraction of sp³-hybridized carbons (Fsp3) is 0.500. The summed E-state index contributed by atoms with van der Waals surface area (Å²) in [6, 6.07) is 4.59. The number of nitrogens with one attached hydrogen (secondary N) is 1. The number of halogens is 1. The number of hydrogen-bond donors (Lipinski definition) is 1. The van der Waals surface area contributed by atoms with Crippen LogP contribution in [0.3, 0.4) is 0 Å². The predicted octanol–water partition coefficient (Wildman–Crippen LogP) is 2.02. The molecule has 5 heteroatoms. The minimum Gasteiger partial charge on any atom is -0.352 e. The standard InChI is InChI=1S/C16H19FN2O2/c1-10-4-2-5-12(14(10)17)16(21)19-9-3-6-13(19)15(20)18-11-7-8-11/h2,4-5,11,13H,3,6-9H2,1H3,(H,18,20). The van der Waals surface area contributed by atoms with E-state index >= 15 is 0 Å². The van der Waals surface area contributed by atoms with E-state index in [1.807, 2.05) is 0 Å². The second-order valence-corrected chi connectivity index (χ2v) is 5.88. The molecule has 1 N–H and O–H groups in total. The van der Waals surface area contributed by atoms with Crippen molar-refractivity contribution >= 4 is 11.8 Å². The lowest BCUT2D eigenvalue weighted by molar-refractivity contribution is -0.125. The molecule has 2 amide bonds. The van der Waals surface area contributed by atoms with E-state index in [0.29, 0.717) is 18.5 Å². The molecule has 1 aromatic carbocycles. The monoisotopic (exact) mass is 290 g/mol. The van der Waals surface area contributed by atoms with Crippen LogP contribution in [0, 0.1) is 12.7 Å². The largest absolute Gasteiger partial charge is 0.352 e. The molecule has 2 fully saturated rings. The molecule has 1 saturated heterocycles. The SMILES string of the molecule is Cc1cccc(C(=O)N2CCCC2C(=O)NC2CC2)c1F. The average molecular weight is 290 g/mol. The Morgan fingerprint density at radius 2 is 2.05 bits per heavy atom. The van der Waals surface area contributed by atoms with Crippen LogP contribution in [-0.4, -0.2) is 35.3 Å². The second kappa shape index (κ2) is 5.47. The van der Waals surface area contributed by atoms with Gasteiger partial charge in [-0.2, -0.15) is 0 Å². The van der Waals surface area contributed by atoms with Gasteiger partial charge in [-0.25, -0.2) is 4.39 Å². The van der Waals surface area contributed by atoms with Gasteiger partial charge in [0.15, 0.2) is 0 Å². The summed E-state index contributed by atoms with van der Waals surface area (Å²) in [7, 11) is 0. The summed E-state index contributed by atoms with van der Waals surface area (Å²) in [5, 5.41) is 2.93. The average Bonchev–Trinajstić information content (AvgIpc) is 3.14. The molecular weight excluding hydrogens is 271 g/mol. The molecule has 1 aliphatic carbocycles. The molecule has 21 heavy (non-hydrogen) atoms. The number of aryl methyl sites for hydroxylation is 1.